The number of amides is 1. The first kappa shape index (κ1) is 14.6. The number of hydrogen-bond acceptors (Lipinski definition) is 4. The van der Waals surface area contributed by atoms with Crippen molar-refractivity contribution in [2.75, 3.05) is 6.61 Å². The minimum Gasteiger partial charge on any atom is -0.396 e. The molecule has 1 heterocycles. The summed E-state index contributed by atoms with van der Waals surface area (Å²) in [6.07, 6.45) is 2.17. The number of aliphatic hydroxyl groups is 1. The van der Waals surface area contributed by atoms with E-state index in [1.807, 2.05) is 32.6 Å². The van der Waals surface area contributed by atoms with Crippen LogP contribution in [0.15, 0.2) is 6.20 Å². The first-order valence-electron chi connectivity index (χ1n) is 6.26. The number of aliphatic hydroxyl groups excluding tert-OH is 1. The highest BCUT2D eigenvalue weighted by molar-refractivity contribution is 5.76. The fraction of sp³-hybridized carbons (Fsp3) is 0.750. The van der Waals surface area contributed by atoms with Gasteiger partial charge in [-0.3, -0.25) is 4.79 Å². The summed E-state index contributed by atoms with van der Waals surface area (Å²) < 4.78 is 1.52. The fourth-order valence-electron chi connectivity index (χ4n) is 2.04. The fourth-order valence-corrected chi connectivity index (χ4v) is 2.04. The molecule has 6 nitrogen and oxygen atoms in total. The van der Waals surface area contributed by atoms with Crippen molar-refractivity contribution in [3.05, 3.63) is 11.9 Å². The first-order chi connectivity index (χ1) is 8.45. The van der Waals surface area contributed by atoms with Crippen molar-refractivity contribution in [3.8, 4) is 0 Å². The highest BCUT2D eigenvalue weighted by Gasteiger charge is 2.20. The minimum atomic E-state index is 0.0282. The largest absolute Gasteiger partial charge is 0.396 e. The van der Waals surface area contributed by atoms with Crippen LogP contribution in [0.3, 0.4) is 0 Å². The standard InChI is InChI=1S/C12H22N4O2/c1-9(2)16(10(3)4)12(18)8-15-7-11(5-6-17)13-14-15/h7,9-10,17H,5-6,8H2,1-4H3. The zero-order valence-corrected chi connectivity index (χ0v) is 11.5. The molecule has 0 atom stereocenters. The molecule has 1 amide bonds. The number of carbonyl (C=O) groups is 1. The summed E-state index contributed by atoms with van der Waals surface area (Å²) in [7, 11) is 0. The molecule has 18 heavy (non-hydrogen) atoms. The van der Waals surface area contributed by atoms with E-state index in [2.05, 4.69) is 10.3 Å². The number of aromatic nitrogens is 3. The van der Waals surface area contributed by atoms with E-state index in [9.17, 15) is 4.79 Å². The molecule has 0 unspecified atom stereocenters. The Morgan fingerprint density at radius 1 is 1.39 bits per heavy atom. The second kappa shape index (κ2) is 6.49. The van der Waals surface area contributed by atoms with Gasteiger partial charge in [0.15, 0.2) is 0 Å². The van der Waals surface area contributed by atoms with Gasteiger partial charge in [0.05, 0.1) is 5.69 Å². The molecule has 0 spiro atoms. The monoisotopic (exact) mass is 254 g/mol. The van der Waals surface area contributed by atoms with Gasteiger partial charge in [0.1, 0.15) is 6.54 Å². The van der Waals surface area contributed by atoms with Gasteiger partial charge >= 0.3 is 0 Å². The first-order valence-corrected chi connectivity index (χ1v) is 6.26. The lowest BCUT2D eigenvalue weighted by atomic mass is 10.2. The number of nitrogens with zero attached hydrogens (tertiary/aromatic N) is 4. The predicted molar refractivity (Wildman–Crippen MR) is 67.9 cm³/mol. The Kier molecular flexibility index (Phi) is 5.27. The maximum Gasteiger partial charge on any atom is 0.244 e. The molecule has 0 saturated carbocycles. The van der Waals surface area contributed by atoms with E-state index in [1.54, 1.807) is 6.20 Å². The second-order valence-electron chi connectivity index (χ2n) is 4.87. The van der Waals surface area contributed by atoms with Gasteiger partial charge in [-0.2, -0.15) is 0 Å². The van der Waals surface area contributed by atoms with Crippen LogP contribution in [0.1, 0.15) is 33.4 Å². The van der Waals surface area contributed by atoms with E-state index < -0.39 is 0 Å². The zero-order chi connectivity index (χ0) is 13.7. The Bertz CT molecular complexity index is 379. The topological polar surface area (TPSA) is 71.2 Å². The van der Waals surface area contributed by atoms with E-state index in [1.165, 1.54) is 4.68 Å². The number of carbonyl (C=O) groups excluding carboxylic acids is 1. The van der Waals surface area contributed by atoms with Crippen molar-refractivity contribution in [1.82, 2.24) is 19.9 Å². The van der Waals surface area contributed by atoms with Crippen molar-refractivity contribution < 1.29 is 9.90 Å². The van der Waals surface area contributed by atoms with Gasteiger partial charge in [0.25, 0.3) is 0 Å². The van der Waals surface area contributed by atoms with Crippen LogP contribution in [-0.2, 0) is 17.8 Å². The third kappa shape index (κ3) is 3.80. The summed E-state index contributed by atoms with van der Waals surface area (Å²) in [6.45, 7) is 8.21. The van der Waals surface area contributed by atoms with Gasteiger partial charge < -0.3 is 10.0 Å². The number of hydrogen-bond donors (Lipinski definition) is 1. The van der Waals surface area contributed by atoms with Gasteiger partial charge in [-0.15, -0.1) is 5.10 Å². The van der Waals surface area contributed by atoms with Gasteiger partial charge in [-0.1, -0.05) is 5.21 Å². The zero-order valence-electron chi connectivity index (χ0n) is 11.5. The second-order valence-corrected chi connectivity index (χ2v) is 4.87. The molecule has 0 radical (unpaired) electrons. The molecule has 1 N–H and O–H groups in total. The van der Waals surface area contributed by atoms with Gasteiger partial charge in [-0.05, 0) is 27.7 Å². The average Bonchev–Trinajstić information content (AvgIpc) is 2.64. The van der Waals surface area contributed by atoms with Crippen molar-refractivity contribution in [3.63, 3.8) is 0 Å². The van der Waals surface area contributed by atoms with Crippen LogP contribution in [-0.4, -0.2) is 49.6 Å². The summed E-state index contributed by atoms with van der Waals surface area (Å²) >= 11 is 0. The molecule has 0 fully saturated rings. The van der Waals surface area contributed by atoms with Crippen LogP contribution >= 0.6 is 0 Å². The van der Waals surface area contributed by atoms with E-state index in [0.29, 0.717) is 12.1 Å². The molecule has 0 aliphatic carbocycles. The SMILES string of the molecule is CC(C)N(C(=O)Cn1cc(CCO)nn1)C(C)C. The molecule has 1 aromatic rings. The predicted octanol–water partition coefficient (Wildman–Crippen LogP) is 0.458. The summed E-state index contributed by atoms with van der Waals surface area (Å²) in [5.41, 5.74) is 0.700. The molecular formula is C12H22N4O2. The van der Waals surface area contributed by atoms with Gasteiger partial charge in [-0.25, -0.2) is 4.68 Å². The summed E-state index contributed by atoms with van der Waals surface area (Å²) in [4.78, 5) is 14.0. The molecule has 0 saturated heterocycles. The molecule has 102 valence electrons. The van der Waals surface area contributed by atoms with Crippen molar-refractivity contribution in [1.29, 1.82) is 0 Å². The number of rotatable bonds is 6. The lowest BCUT2D eigenvalue weighted by molar-refractivity contribution is -0.135. The normalized spacial score (nSPS) is 11.3. The van der Waals surface area contributed by atoms with E-state index in [4.69, 9.17) is 5.11 Å². The van der Waals surface area contributed by atoms with Gasteiger partial charge in [0, 0.05) is 31.3 Å². The molecule has 1 aromatic heterocycles. The Morgan fingerprint density at radius 2 is 2.00 bits per heavy atom. The maximum atomic E-state index is 12.2. The molecule has 0 aliphatic heterocycles. The molecular weight excluding hydrogens is 232 g/mol. The van der Waals surface area contributed by atoms with Crippen LogP contribution in [0.25, 0.3) is 0 Å². The average molecular weight is 254 g/mol. The Balaban J connectivity index is 2.67. The lowest BCUT2D eigenvalue weighted by Gasteiger charge is -2.30. The quantitative estimate of drug-likeness (QED) is 0.800. The molecule has 0 bridgehead atoms. The molecule has 0 aliphatic rings. The van der Waals surface area contributed by atoms with Crippen LogP contribution in [0, 0.1) is 0 Å². The minimum absolute atomic E-state index is 0.0282. The third-order valence-electron chi connectivity index (χ3n) is 2.65. The van der Waals surface area contributed by atoms with E-state index in [-0.39, 0.29) is 31.1 Å². The highest BCUT2D eigenvalue weighted by Crippen LogP contribution is 2.06. The van der Waals surface area contributed by atoms with Crippen molar-refractivity contribution in [2.24, 2.45) is 0 Å². The maximum absolute atomic E-state index is 12.2. The Hall–Kier alpha value is -1.43. The van der Waals surface area contributed by atoms with Crippen LogP contribution in [0.4, 0.5) is 0 Å². The molecule has 1 rings (SSSR count). The van der Waals surface area contributed by atoms with Crippen LogP contribution in [0.5, 0.6) is 0 Å². The van der Waals surface area contributed by atoms with Crippen molar-refractivity contribution in [2.45, 2.75) is 52.7 Å². The summed E-state index contributed by atoms with van der Waals surface area (Å²) in [5.74, 6) is 0.0282. The Morgan fingerprint density at radius 3 is 2.50 bits per heavy atom. The molecule has 6 heteroatoms. The summed E-state index contributed by atoms with van der Waals surface area (Å²) in [6, 6.07) is 0.330. The molecule has 0 aromatic carbocycles. The van der Waals surface area contributed by atoms with Crippen molar-refractivity contribution >= 4 is 5.91 Å². The summed E-state index contributed by atoms with van der Waals surface area (Å²) in [5, 5.41) is 16.6. The Labute approximate surface area is 108 Å². The lowest BCUT2D eigenvalue weighted by Crippen LogP contribution is -2.43. The van der Waals surface area contributed by atoms with Crippen LogP contribution in [0.2, 0.25) is 0 Å². The van der Waals surface area contributed by atoms with Gasteiger partial charge in [0.2, 0.25) is 5.91 Å². The third-order valence-corrected chi connectivity index (χ3v) is 2.65. The van der Waals surface area contributed by atoms with Crippen LogP contribution < -0.4 is 0 Å². The smallest absolute Gasteiger partial charge is 0.244 e. The van der Waals surface area contributed by atoms with E-state index >= 15 is 0 Å². The highest BCUT2D eigenvalue weighted by atomic mass is 16.3. The van der Waals surface area contributed by atoms with E-state index in [0.717, 1.165) is 0 Å².